The van der Waals surface area contributed by atoms with Gasteiger partial charge in [0.15, 0.2) is 0 Å². The van der Waals surface area contributed by atoms with Gasteiger partial charge < -0.3 is 10.1 Å². The molecule has 2 nitrogen and oxygen atoms in total. The molecule has 0 aromatic carbocycles. The predicted molar refractivity (Wildman–Crippen MR) is 73.9 cm³/mol. The lowest BCUT2D eigenvalue weighted by molar-refractivity contribution is 0.124. The van der Waals surface area contributed by atoms with E-state index in [-0.39, 0.29) is 0 Å². The minimum Gasteiger partial charge on any atom is -0.380 e. The van der Waals surface area contributed by atoms with Gasteiger partial charge in [-0.1, -0.05) is 6.92 Å². The summed E-state index contributed by atoms with van der Waals surface area (Å²) in [4.78, 5) is 3.08. The summed E-state index contributed by atoms with van der Waals surface area (Å²) in [7, 11) is 0. The highest BCUT2D eigenvalue weighted by Gasteiger charge is 2.19. The molecule has 1 aromatic rings. The van der Waals surface area contributed by atoms with Crippen LogP contribution in [0, 0.1) is 0 Å². The predicted octanol–water partition coefficient (Wildman–Crippen LogP) is 3.31. The summed E-state index contributed by atoms with van der Waals surface area (Å²) < 4.78 is 5.59. The van der Waals surface area contributed by atoms with Crippen LogP contribution in [0.25, 0.3) is 0 Å². The minimum absolute atomic E-state index is 0.394. The van der Waals surface area contributed by atoms with Crippen molar-refractivity contribution >= 4 is 11.3 Å². The highest BCUT2D eigenvalue weighted by atomic mass is 32.1. The van der Waals surface area contributed by atoms with Gasteiger partial charge in [-0.25, -0.2) is 0 Å². The molecule has 0 spiro atoms. The van der Waals surface area contributed by atoms with Gasteiger partial charge in [-0.3, -0.25) is 0 Å². The standard InChI is InChI=1S/C14H23NOS/c1-3-8-15-12(10-16-4-2)14-9-11-6-5-7-13(11)17-14/h9,12,15H,3-8,10H2,1-2H3. The zero-order valence-electron chi connectivity index (χ0n) is 10.9. The third-order valence-corrected chi connectivity index (χ3v) is 4.59. The molecular formula is C14H23NOS. The van der Waals surface area contributed by atoms with Crippen molar-refractivity contribution in [3.8, 4) is 0 Å². The van der Waals surface area contributed by atoms with Crippen molar-refractivity contribution in [2.24, 2.45) is 0 Å². The summed E-state index contributed by atoms with van der Waals surface area (Å²) in [5.41, 5.74) is 1.59. The van der Waals surface area contributed by atoms with E-state index < -0.39 is 0 Å². The number of thiophene rings is 1. The van der Waals surface area contributed by atoms with Crippen molar-refractivity contribution in [1.82, 2.24) is 5.32 Å². The van der Waals surface area contributed by atoms with E-state index in [4.69, 9.17) is 4.74 Å². The number of nitrogens with one attached hydrogen (secondary N) is 1. The molecule has 3 heteroatoms. The summed E-state index contributed by atoms with van der Waals surface area (Å²) in [6.07, 6.45) is 5.09. The topological polar surface area (TPSA) is 21.3 Å². The summed E-state index contributed by atoms with van der Waals surface area (Å²) in [5.74, 6) is 0. The molecular weight excluding hydrogens is 230 g/mol. The van der Waals surface area contributed by atoms with Gasteiger partial charge in [0.2, 0.25) is 0 Å². The Kier molecular flexibility index (Phi) is 5.01. The van der Waals surface area contributed by atoms with Crippen LogP contribution in [0.1, 0.15) is 48.0 Å². The van der Waals surface area contributed by atoms with Crippen LogP contribution < -0.4 is 5.32 Å². The van der Waals surface area contributed by atoms with E-state index in [1.165, 1.54) is 30.6 Å². The lowest BCUT2D eigenvalue weighted by atomic mass is 10.2. The Labute approximate surface area is 108 Å². The molecule has 1 unspecified atom stereocenters. The van der Waals surface area contributed by atoms with E-state index in [0.29, 0.717) is 6.04 Å². The Bertz CT molecular complexity index is 318. The number of hydrogen-bond donors (Lipinski definition) is 1. The molecule has 1 aliphatic carbocycles. The van der Waals surface area contributed by atoms with Gasteiger partial charge in [-0.05, 0) is 50.8 Å². The molecule has 1 aliphatic rings. The molecule has 17 heavy (non-hydrogen) atoms. The van der Waals surface area contributed by atoms with E-state index in [1.54, 1.807) is 10.4 Å². The normalized spacial score (nSPS) is 16.1. The van der Waals surface area contributed by atoms with Crippen LogP contribution in [0.3, 0.4) is 0 Å². The fourth-order valence-electron chi connectivity index (χ4n) is 2.32. The molecule has 0 bridgehead atoms. The SMILES string of the molecule is CCCNC(COCC)c1cc2c(s1)CCC2. The number of ether oxygens (including phenoxy) is 1. The van der Waals surface area contributed by atoms with Crippen LogP contribution in [0.2, 0.25) is 0 Å². The van der Waals surface area contributed by atoms with Gasteiger partial charge in [0, 0.05) is 16.4 Å². The van der Waals surface area contributed by atoms with E-state index in [2.05, 4.69) is 25.2 Å². The van der Waals surface area contributed by atoms with Crippen LogP contribution in [-0.4, -0.2) is 19.8 Å². The molecule has 0 fully saturated rings. The van der Waals surface area contributed by atoms with E-state index in [0.717, 1.165) is 19.8 Å². The van der Waals surface area contributed by atoms with Gasteiger partial charge in [0.05, 0.1) is 12.6 Å². The van der Waals surface area contributed by atoms with Crippen LogP contribution in [0.5, 0.6) is 0 Å². The van der Waals surface area contributed by atoms with Crippen molar-refractivity contribution < 1.29 is 4.74 Å². The van der Waals surface area contributed by atoms with Crippen LogP contribution in [0.15, 0.2) is 6.07 Å². The van der Waals surface area contributed by atoms with Crippen LogP contribution in [0.4, 0.5) is 0 Å². The first-order valence-corrected chi connectivity index (χ1v) is 7.59. The molecule has 2 rings (SSSR count). The van der Waals surface area contributed by atoms with Crippen molar-refractivity contribution in [3.63, 3.8) is 0 Å². The Morgan fingerprint density at radius 3 is 3.00 bits per heavy atom. The summed E-state index contributed by atoms with van der Waals surface area (Å²) in [6.45, 7) is 6.94. The second-order valence-electron chi connectivity index (χ2n) is 4.62. The maximum atomic E-state index is 5.59. The second-order valence-corrected chi connectivity index (χ2v) is 5.79. The lowest BCUT2D eigenvalue weighted by Crippen LogP contribution is -2.25. The molecule has 0 aliphatic heterocycles. The van der Waals surface area contributed by atoms with E-state index >= 15 is 0 Å². The number of rotatable bonds is 7. The third kappa shape index (κ3) is 3.30. The highest BCUT2D eigenvalue weighted by Crippen LogP contribution is 2.33. The fourth-order valence-corrected chi connectivity index (χ4v) is 3.64. The van der Waals surface area contributed by atoms with Crippen LogP contribution >= 0.6 is 11.3 Å². The molecule has 0 saturated heterocycles. The average molecular weight is 253 g/mol. The molecule has 1 aromatic heterocycles. The van der Waals surface area contributed by atoms with Crippen molar-refractivity contribution in [2.45, 2.75) is 45.6 Å². The minimum atomic E-state index is 0.394. The lowest BCUT2D eigenvalue weighted by Gasteiger charge is -2.16. The first-order chi connectivity index (χ1) is 8.35. The third-order valence-electron chi connectivity index (χ3n) is 3.24. The Morgan fingerprint density at radius 2 is 2.29 bits per heavy atom. The zero-order valence-corrected chi connectivity index (χ0v) is 11.7. The highest BCUT2D eigenvalue weighted by molar-refractivity contribution is 7.12. The van der Waals surface area contributed by atoms with E-state index in [1.807, 2.05) is 11.3 Å². The smallest absolute Gasteiger partial charge is 0.0669 e. The molecule has 0 radical (unpaired) electrons. The summed E-state index contributed by atoms with van der Waals surface area (Å²) in [6, 6.07) is 2.80. The number of hydrogen-bond acceptors (Lipinski definition) is 3. The molecule has 0 saturated carbocycles. The van der Waals surface area contributed by atoms with Gasteiger partial charge in [0.25, 0.3) is 0 Å². The van der Waals surface area contributed by atoms with Crippen molar-refractivity contribution in [1.29, 1.82) is 0 Å². The van der Waals surface area contributed by atoms with Gasteiger partial charge in [-0.15, -0.1) is 11.3 Å². The second kappa shape index (κ2) is 6.53. The first kappa shape index (κ1) is 13.1. The van der Waals surface area contributed by atoms with Gasteiger partial charge in [-0.2, -0.15) is 0 Å². The Balaban J connectivity index is 2.02. The maximum absolute atomic E-state index is 5.59. The monoisotopic (exact) mass is 253 g/mol. The molecule has 0 amide bonds. The van der Waals surface area contributed by atoms with Crippen LogP contribution in [-0.2, 0) is 17.6 Å². The maximum Gasteiger partial charge on any atom is 0.0669 e. The Morgan fingerprint density at radius 1 is 1.41 bits per heavy atom. The molecule has 1 N–H and O–H groups in total. The zero-order chi connectivity index (χ0) is 12.1. The molecule has 1 atom stereocenters. The fraction of sp³-hybridized carbons (Fsp3) is 0.714. The van der Waals surface area contributed by atoms with Crippen molar-refractivity contribution in [2.75, 3.05) is 19.8 Å². The Hall–Kier alpha value is -0.380. The summed E-state index contributed by atoms with van der Waals surface area (Å²) >= 11 is 1.99. The first-order valence-electron chi connectivity index (χ1n) is 6.77. The van der Waals surface area contributed by atoms with E-state index in [9.17, 15) is 0 Å². The number of aryl methyl sites for hydroxylation is 2. The van der Waals surface area contributed by atoms with Crippen molar-refractivity contribution in [3.05, 3.63) is 21.4 Å². The van der Waals surface area contributed by atoms with Gasteiger partial charge in [0.1, 0.15) is 0 Å². The quantitative estimate of drug-likeness (QED) is 0.805. The molecule has 96 valence electrons. The molecule has 1 heterocycles. The average Bonchev–Trinajstić information content (AvgIpc) is 2.89. The summed E-state index contributed by atoms with van der Waals surface area (Å²) in [5, 5.41) is 3.59. The number of fused-ring (bicyclic) bond motifs is 1. The largest absolute Gasteiger partial charge is 0.380 e. The van der Waals surface area contributed by atoms with Gasteiger partial charge >= 0.3 is 0 Å².